The predicted molar refractivity (Wildman–Crippen MR) is 109 cm³/mol. The van der Waals surface area contributed by atoms with Crippen LogP contribution in [0.25, 0.3) is 5.69 Å². The van der Waals surface area contributed by atoms with Crippen LogP contribution in [0.2, 0.25) is 0 Å². The number of ether oxygens (including phenoxy) is 1. The molecule has 3 N–H and O–H groups in total. The predicted octanol–water partition coefficient (Wildman–Crippen LogP) is 2.69. The molecule has 0 fully saturated rings. The van der Waals surface area contributed by atoms with Gasteiger partial charge in [-0.2, -0.15) is 5.10 Å². The molecule has 1 aliphatic rings. The van der Waals surface area contributed by atoms with Crippen molar-refractivity contribution in [2.24, 2.45) is 0 Å². The summed E-state index contributed by atoms with van der Waals surface area (Å²) in [7, 11) is 0. The molecule has 1 aromatic carbocycles. The van der Waals surface area contributed by atoms with E-state index in [0.717, 1.165) is 4.47 Å². The molecule has 0 bridgehead atoms. The number of hydrogen-bond donors (Lipinski definition) is 3. The van der Waals surface area contributed by atoms with Gasteiger partial charge in [-0.3, -0.25) is 0 Å². The van der Waals surface area contributed by atoms with E-state index in [1.807, 2.05) is 12.1 Å². The molecule has 3 rings (SSSR count). The highest BCUT2D eigenvalue weighted by Crippen LogP contribution is 2.30. The zero-order valence-corrected chi connectivity index (χ0v) is 17.4. The zero-order valence-electron chi connectivity index (χ0n) is 15.0. The normalized spacial score (nSPS) is 16.4. The number of carbonyl (C=O) groups is 2. The smallest absolute Gasteiger partial charge is 0.356 e. The summed E-state index contributed by atoms with van der Waals surface area (Å²) >= 11 is 8.56. The minimum Gasteiger partial charge on any atom is -0.476 e. The molecule has 28 heavy (non-hydrogen) atoms. The molecule has 0 saturated carbocycles. The third kappa shape index (κ3) is 3.92. The van der Waals surface area contributed by atoms with Gasteiger partial charge >= 0.3 is 11.9 Å². The summed E-state index contributed by atoms with van der Waals surface area (Å²) in [5.74, 6) is -1.77. The molecule has 0 amide bonds. The van der Waals surface area contributed by atoms with Gasteiger partial charge < -0.3 is 20.5 Å². The first-order chi connectivity index (χ1) is 13.3. The Morgan fingerprint density at radius 2 is 2.04 bits per heavy atom. The SMILES string of the molecule is CCOC(=O)C1=C(C)NC(=S)N[C@@H]1c1cn(-c2ccc(Br)cc2)nc1C(=O)O. The number of aromatic carboxylic acids is 1. The number of rotatable bonds is 5. The molecule has 0 spiro atoms. The summed E-state index contributed by atoms with van der Waals surface area (Å²) in [6.07, 6.45) is 1.57. The van der Waals surface area contributed by atoms with Crippen LogP contribution in [0.1, 0.15) is 35.9 Å². The maximum atomic E-state index is 12.5. The van der Waals surface area contributed by atoms with Gasteiger partial charge in [0.1, 0.15) is 0 Å². The van der Waals surface area contributed by atoms with Crippen LogP contribution in [0.5, 0.6) is 0 Å². The molecule has 0 saturated heterocycles. The lowest BCUT2D eigenvalue weighted by molar-refractivity contribution is -0.139. The van der Waals surface area contributed by atoms with E-state index in [1.54, 1.807) is 32.2 Å². The Kier molecular flexibility index (Phi) is 5.80. The van der Waals surface area contributed by atoms with E-state index < -0.39 is 18.0 Å². The highest BCUT2D eigenvalue weighted by molar-refractivity contribution is 9.10. The second-order valence-electron chi connectivity index (χ2n) is 5.95. The van der Waals surface area contributed by atoms with Crippen LogP contribution in [0.15, 0.2) is 46.2 Å². The number of carboxylic acids is 1. The number of thiocarbonyl (C=S) groups is 1. The Balaban J connectivity index is 2.13. The van der Waals surface area contributed by atoms with E-state index in [9.17, 15) is 14.7 Å². The minimum absolute atomic E-state index is 0.181. The van der Waals surface area contributed by atoms with Crippen molar-refractivity contribution in [3.05, 3.63) is 57.5 Å². The number of aromatic nitrogens is 2. The molecule has 0 aliphatic carbocycles. The molecular formula is C18H17BrN4O4S. The number of halogens is 1. The van der Waals surface area contributed by atoms with Gasteiger partial charge in [0.2, 0.25) is 0 Å². The van der Waals surface area contributed by atoms with E-state index in [-0.39, 0.29) is 23.0 Å². The molecule has 10 heteroatoms. The number of carbonyl (C=O) groups excluding carboxylic acids is 1. The molecule has 2 aromatic rings. The highest BCUT2D eigenvalue weighted by atomic mass is 79.9. The third-order valence-electron chi connectivity index (χ3n) is 4.11. The minimum atomic E-state index is -1.21. The first-order valence-electron chi connectivity index (χ1n) is 8.36. The number of nitrogens with zero attached hydrogens (tertiary/aromatic N) is 2. The quantitative estimate of drug-likeness (QED) is 0.458. The number of allylic oxidation sites excluding steroid dienone is 1. The number of hydrogen-bond acceptors (Lipinski definition) is 5. The second-order valence-corrected chi connectivity index (χ2v) is 7.27. The number of benzene rings is 1. The van der Waals surface area contributed by atoms with E-state index in [1.165, 1.54) is 4.68 Å². The van der Waals surface area contributed by atoms with Crippen LogP contribution in [-0.2, 0) is 9.53 Å². The van der Waals surface area contributed by atoms with Crippen molar-refractivity contribution in [3.63, 3.8) is 0 Å². The van der Waals surface area contributed by atoms with Crippen molar-refractivity contribution in [2.75, 3.05) is 6.61 Å². The average Bonchev–Trinajstić information content (AvgIpc) is 3.07. The number of esters is 1. The fraction of sp³-hybridized carbons (Fsp3) is 0.222. The van der Waals surface area contributed by atoms with E-state index in [4.69, 9.17) is 17.0 Å². The van der Waals surface area contributed by atoms with Crippen molar-refractivity contribution in [2.45, 2.75) is 19.9 Å². The maximum Gasteiger partial charge on any atom is 0.356 e. The Hall–Kier alpha value is -2.72. The zero-order chi connectivity index (χ0) is 20.4. The largest absolute Gasteiger partial charge is 0.476 e. The lowest BCUT2D eigenvalue weighted by Crippen LogP contribution is -2.45. The Bertz CT molecular complexity index is 984. The van der Waals surface area contributed by atoms with E-state index in [2.05, 4.69) is 31.7 Å². The summed E-state index contributed by atoms with van der Waals surface area (Å²) in [6, 6.07) is 6.43. The van der Waals surface area contributed by atoms with Crippen LogP contribution in [0, 0.1) is 0 Å². The van der Waals surface area contributed by atoms with Gasteiger partial charge in [0.15, 0.2) is 10.8 Å². The summed E-state index contributed by atoms with van der Waals surface area (Å²) < 4.78 is 7.48. The van der Waals surface area contributed by atoms with Gasteiger partial charge in [0.05, 0.1) is 23.9 Å². The van der Waals surface area contributed by atoms with Crippen LogP contribution in [0.3, 0.4) is 0 Å². The van der Waals surface area contributed by atoms with Gasteiger partial charge in [-0.25, -0.2) is 14.3 Å². The van der Waals surface area contributed by atoms with Gasteiger partial charge in [-0.05, 0) is 50.3 Å². The van der Waals surface area contributed by atoms with Crippen molar-refractivity contribution < 1.29 is 19.4 Å². The molecule has 8 nitrogen and oxygen atoms in total. The molecule has 1 atom stereocenters. The fourth-order valence-electron chi connectivity index (χ4n) is 2.90. The monoisotopic (exact) mass is 464 g/mol. The Labute approximate surface area is 174 Å². The first-order valence-corrected chi connectivity index (χ1v) is 9.56. The first kappa shape index (κ1) is 20.0. The van der Waals surface area contributed by atoms with Crippen molar-refractivity contribution in [1.82, 2.24) is 20.4 Å². The lowest BCUT2D eigenvalue weighted by atomic mass is 9.96. The molecule has 1 aliphatic heterocycles. The maximum absolute atomic E-state index is 12.5. The molecular weight excluding hydrogens is 448 g/mol. The molecule has 0 radical (unpaired) electrons. The highest BCUT2D eigenvalue weighted by Gasteiger charge is 2.35. The van der Waals surface area contributed by atoms with Gasteiger partial charge in [-0.15, -0.1) is 0 Å². The van der Waals surface area contributed by atoms with Crippen LogP contribution >= 0.6 is 28.1 Å². The van der Waals surface area contributed by atoms with Crippen LogP contribution < -0.4 is 10.6 Å². The fourth-order valence-corrected chi connectivity index (χ4v) is 3.43. The third-order valence-corrected chi connectivity index (χ3v) is 4.86. The van der Waals surface area contributed by atoms with Crippen molar-refractivity contribution in [1.29, 1.82) is 0 Å². The topological polar surface area (TPSA) is 105 Å². The van der Waals surface area contributed by atoms with Crippen LogP contribution in [0.4, 0.5) is 0 Å². The summed E-state index contributed by atoms with van der Waals surface area (Å²) in [5, 5.41) is 20.0. The van der Waals surface area contributed by atoms with Gasteiger partial charge in [0.25, 0.3) is 0 Å². The van der Waals surface area contributed by atoms with Crippen molar-refractivity contribution >= 4 is 45.2 Å². The Morgan fingerprint density at radius 3 is 2.64 bits per heavy atom. The van der Waals surface area contributed by atoms with E-state index in [0.29, 0.717) is 16.9 Å². The number of nitrogens with one attached hydrogen (secondary N) is 2. The van der Waals surface area contributed by atoms with Gasteiger partial charge in [-0.1, -0.05) is 15.9 Å². The van der Waals surface area contributed by atoms with Gasteiger partial charge in [0, 0.05) is 21.9 Å². The standard InChI is InChI=1S/C18H17BrN4O4S/c1-3-27-17(26)13-9(2)20-18(28)21-14(13)12-8-23(22-15(12)16(24)25)11-6-4-10(19)5-7-11/h4-8,14H,3H2,1-2H3,(H,24,25)(H2,20,21,28)/t14-/m1/s1. The van der Waals surface area contributed by atoms with E-state index >= 15 is 0 Å². The number of carboxylic acid groups (broad SMARTS) is 1. The summed E-state index contributed by atoms with van der Waals surface area (Å²) in [4.78, 5) is 24.3. The Morgan fingerprint density at radius 1 is 1.36 bits per heavy atom. The summed E-state index contributed by atoms with van der Waals surface area (Å²) in [5.41, 5.74) is 1.56. The summed E-state index contributed by atoms with van der Waals surface area (Å²) in [6.45, 7) is 3.58. The molecule has 1 aromatic heterocycles. The molecule has 2 heterocycles. The van der Waals surface area contributed by atoms with Crippen molar-refractivity contribution in [3.8, 4) is 5.69 Å². The average molecular weight is 465 g/mol. The lowest BCUT2D eigenvalue weighted by Gasteiger charge is -2.29. The van der Waals surface area contributed by atoms with Crippen LogP contribution in [-0.4, -0.2) is 38.5 Å². The molecule has 146 valence electrons. The molecule has 0 unspecified atom stereocenters. The second kappa shape index (κ2) is 8.11.